The number of rotatable bonds is 4. The SMILES string of the molecule is NCc1ccc(CNC(=O)c2cc3c(s2)CCC3)cc1. The van der Waals surface area contributed by atoms with Crippen molar-refractivity contribution < 1.29 is 4.79 Å². The highest BCUT2D eigenvalue weighted by molar-refractivity contribution is 7.14. The molecular formula is C16H18N2OS. The Morgan fingerprint density at radius 3 is 2.65 bits per heavy atom. The lowest BCUT2D eigenvalue weighted by Gasteiger charge is -2.05. The number of hydrogen-bond acceptors (Lipinski definition) is 3. The van der Waals surface area contributed by atoms with Crippen LogP contribution >= 0.6 is 11.3 Å². The molecule has 1 heterocycles. The Kier molecular flexibility index (Phi) is 3.85. The van der Waals surface area contributed by atoms with Crippen LogP contribution in [0.4, 0.5) is 0 Å². The molecule has 2 aromatic rings. The van der Waals surface area contributed by atoms with Crippen LogP contribution in [-0.4, -0.2) is 5.91 Å². The second kappa shape index (κ2) is 5.77. The average Bonchev–Trinajstić information content (AvgIpc) is 3.06. The molecule has 1 amide bonds. The maximum atomic E-state index is 12.1. The molecule has 0 saturated heterocycles. The van der Waals surface area contributed by atoms with E-state index in [1.165, 1.54) is 16.9 Å². The Morgan fingerprint density at radius 1 is 1.20 bits per heavy atom. The van der Waals surface area contributed by atoms with Gasteiger partial charge in [0.15, 0.2) is 0 Å². The molecule has 0 spiro atoms. The van der Waals surface area contributed by atoms with E-state index >= 15 is 0 Å². The molecule has 1 aromatic heterocycles. The number of carbonyl (C=O) groups excluding carboxylic acids is 1. The number of thiophene rings is 1. The Labute approximate surface area is 122 Å². The first kappa shape index (κ1) is 13.3. The third-order valence-electron chi connectivity index (χ3n) is 3.68. The molecule has 104 valence electrons. The van der Waals surface area contributed by atoms with Crippen LogP contribution in [0.5, 0.6) is 0 Å². The van der Waals surface area contributed by atoms with E-state index in [1.54, 1.807) is 11.3 Å². The van der Waals surface area contributed by atoms with E-state index in [0.717, 1.165) is 28.8 Å². The molecule has 3 nitrogen and oxygen atoms in total. The van der Waals surface area contributed by atoms with E-state index < -0.39 is 0 Å². The lowest BCUT2D eigenvalue weighted by atomic mass is 10.1. The molecule has 1 aromatic carbocycles. The average molecular weight is 286 g/mol. The third kappa shape index (κ3) is 2.76. The van der Waals surface area contributed by atoms with Gasteiger partial charge in [-0.3, -0.25) is 4.79 Å². The van der Waals surface area contributed by atoms with Gasteiger partial charge in [-0.15, -0.1) is 11.3 Å². The summed E-state index contributed by atoms with van der Waals surface area (Å²) in [5.41, 5.74) is 9.14. The van der Waals surface area contributed by atoms with Crippen LogP contribution in [0.1, 0.15) is 37.7 Å². The molecule has 0 atom stereocenters. The van der Waals surface area contributed by atoms with Crippen molar-refractivity contribution in [2.24, 2.45) is 5.73 Å². The van der Waals surface area contributed by atoms with Crippen molar-refractivity contribution in [3.8, 4) is 0 Å². The van der Waals surface area contributed by atoms with E-state index in [4.69, 9.17) is 5.73 Å². The molecule has 1 aliphatic carbocycles. The number of fused-ring (bicyclic) bond motifs is 1. The molecule has 20 heavy (non-hydrogen) atoms. The smallest absolute Gasteiger partial charge is 0.261 e. The minimum Gasteiger partial charge on any atom is -0.347 e. The minimum atomic E-state index is 0.0345. The maximum absolute atomic E-state index is 12.1. The van der Waals surface area contributed by atoms with Crippen LogP contribution in [-0.2, 0) is 25.9 Å². The standard InChI is InChI=1S/C16H18N2OS/c17-9-11-4-6-12(7-5-11)10-18-16(19)15-8-13-2-1-3-14(13)20-15/h4-8H,1-3,9-10,17H2,(H,18,19). The molecule has 0 radical (unpaired) electrons. The number of nitrogens with one attached hydrogen (secondary N) is 1. The molecule has 3 rings (SSSR count). The summed E-state index contributed by atoms with van der Waals surface area (Å²) < 4.78 is 0. The number of benzene rings is 1. The zero-order chi connectivity index (χ0) is 13.9. The van der Waals surface area contributed by atoms with Crippen molar-refractivity contribution in [1.29, 1.82) is 0 Å². The number of hydrogen-bond donors (Lipinski definition) is 2. The zero-order valence-electron chi connectivity index (χ0n) is 11.3. The second-order valence-electron chi connectivity index (χ2n) is 5.12. The van der Waals surface area contributed by atoms with E-state index in [-0.39, 0.29) is 5.91 Å². The fourth-order valence-corrected chi connectivity index (χ4v) is 3.67. The summed E-state index contributed by atoms with van der Waals surface area (Å²) in [5, 5.41) is 2.98. The molecule has 0 bridgehead atoms. The van der Waals surface area contributed by atoms with Crippen molar-refractivity contribution in [1.82, 2.24) is 5.32 Å². The van der Waals surface area contributed by atoms with Gasteiger partial charge in [0.05, 0.1) is 4.88 Å². The fraction of sp³-hybridized carbons (Fsp3) is 0.312. The van der Waals surface area contributed by atoms with Crippen LogP contribution < -0.4 is 11.1 Å². The number of carbonyl (C=O) groups is 1. The summed E-state index contributed by atoms with van der Waals surface area (Å²) in [5.74, 6) is 0.0345. The lowest BCUT2D eigenvalue weighted by molar-refractivity contribution is 0.0955. The van der Waals surface area contributed by atoms with Crippen molar-refractivity contribution >= 4 is 17.2 Å². The first-order valence-corrected chi connectivity index (χ1v) is 7.75. The van der Waals surface area contributed by atoms with E-state index in [1.807, 2.05) is 24.3 Å². The van der Waals surface area contributed by atoms with Crippen molar-refractivity contribution in [3.05, 3.63) is 56.8 Å². The first-order chi connectivity index (χ1) is 9.76. The molecule has 0 aliphatic heterocycles. The maximum Gasteiger partial charge on any atom is 0.261 e. The minimum absolute atomic E-state index is 0.0345. The summed E-state index contributed by atoms with van der Waals surface area (Å²) in [7, 11) is 0. The topological polar surface area (TPSA) is 55.1 Å². The predicted octanol–water partition coefficient (Wildman–Crippen LogP) is 2.63. The van der Waals surface area contributed by atoms with Gasteiger partial charge >= 0.3 is 0 Å². The summed E-state index contributed by atoms with van der Waals surface area (Å²) >= 11 is 1.64. The van der Waals surface area contributed by atoms with Crippen LogP contribution in [0.15, 0.2) is 30.3 Å². The van der Waals surface area contributed by atoms with Gasteiger partial charge < -0.3 is 11.1 Å². The Morgan fingerprint density at radius 2 is 1.95 bits per heavy atom. The first-order valence-electron chi connectivity index (χ1n) is 6.94. The highest BCUT2D eigenvalue weighted by Gasteiger charge is 2.18. The van der Waals surface area contributed by atoms with Gasteiger partial charge in [0.2, 0.25) is 0 Å². The number of amides is 1. The van der Waals surface area contributed by atoms with Crippen LogP contribution in [0, 0.1) is 0 Å². The predicted molar refractivity (Wildman–Crippen MR) is 81.8 cm³/mol. The van der Waals surface area contributed by atoms with Gasteiger partial charge in [-0.05, 0) is 42.0 Å². The largest absolute Gasteiger partial charge is 0.347 e. The highest BCUT2D eigenvalue weighted by atomic mass is 32.1. The molecular weight excluding hydrogens is 268 g/mol. The molecule has 0 unspecified atom stereocenters. The second-order valence-corrected chi connectivity index (χ2v) is 6.25. The van der Waals surface area contributed by atoms with Gasteiger partial charge in [0.25, 0.3) is 5.91 Å². The van der Waals surface area contributed by atoms with Crippen molar-refractivity contribution in [2.75, 3.05) is 0 Å². The third-order valence-corrected chi connectivity index (χ3v) is 4.92. The summed E-state index contributed by atoms with van der Waals surface area (Å²) in [6.45, 7) is 1.11. The van der Waals surface area contributed by atoms with Gasteiger partial charge in [0, 0.05) is 18.0 Å². The number of nitrogens with two attached hydrogens (primary N) is 1. The van der Waals surface area contributed by atoms with Gasteiger partial charge in [-0.1, -0.05) is 24.3 Å². The van der Waals surface area contributed by atoms with Crippen molar-refractivity contribution in [2.45, 2.75) is 32.4 Å². The van der Waals surface area contributed by atoms with Crippen molar-refractivity contribution in [3.63, 3.8) is 0 Å². The highest BCUT2D eigenvalue weighted by Crippen LogP contribution is 2.30. The van der Waals surface area contributed by atoms with Crippen LogP contribution in [0.2, 0.25) is 0 Å². The van der Waals surface area contributed by atoms with E-state index in [0.29, 0.717) is 13.1 Å². The Balaban J connectivity index is 1.60. The summed E-state index contributed by atoms with van der Waals surface area (Å²) in [6.07, 6.45) is 3.49. The molecule has 0 fully saturated rings. The van der Waals surface area contributed by atoms with Crippen LogP contribution in [0.3, 0.4) is 0 Å². The quantitative estimate of drug-likeness (QED) is 0.908. The molecule has 0 saturated carbocycles. The fourth-order valence-electron chi connectivity index (χ4n) is 2.50. The van der Waals surface area contributed by atoms with Gasteiger partial charge in [-0.25, -0.2) is 0 Å². The lowest BCUT2D eigenvalue weighted by Crippen LogP contribution is -2.21. The Hall–Kier alpha value is -1.65. The van der Waals surface area contributed by atoms with E-state index in [2.05, 4.69) is 11.4 Å². The monoisotopic (exact) mass is 286 g/mol. The zero-order valence-corrected chi connectivity index (χ0v) is 12.1. The Bertz CT molecular complexity index is 594. The summed E-state index contributed by atoms with van der Waals surface area (Å²) in [6, 6.07) is 10.1. The van der Waals surface area contributed by atoms with Gasteiger partial charge in [-0.2, -0.15) is 0 Å². The van der Waals surface area contributed by atoms with Gasteiger partial charge in [0.1, 0.15) is 0 Å². The molecule has 4 heteroatoms. The van der Waals surface area contributed by atoms with E-state index in [9.17, 15) is 4.79 Å². The molecule has 1 aliphatic rings. The summed E-state index contributed by atoms with van der Waals surface area (Å²) in [4.78, 5) is 14.4. The normalized spacial score (nSPS) is 13.2. The van der Waals surface area contributed by atoms with Crippen LogP contribution in [0.25, 0.3) is 0 Å². The number of aryl methyl sites for hydroxylation is 2. The molecule has 3 N–H and O–H groups in total.